The lowest BCUT2D eigenvalue weighted by Crippen LogP contribution is -2.04. The zero-order valence-corrected chi connectivity index (χ0v) is 5.40. The lowest BCUT2D eigenvalue weighted by molar-refractivity contribution is -0.107. The van der Waals surface area contributed by atoms with Crippen LogP contribution in [0.2, 0.25) is 0 Å². The second-order valence-corrected chi connectivity index (χ2v) is 1.64. The number of likely N-dealkylation sites (N-methyl/N-ethyl adjacent to an activating group) is 1. The molecule has 0 bridgehead atoms. The molecule has 0 saturated carbocycles. The second kappa shape index (κ2) is 4.81. The molecule has 0 aromatic rings. The fraction of sp³-hybridized carbons (Fsp3) is 0.400. The van der Waals surface area contributed by atoms with Crippen LogP contribution in [0.3, 0.4) is 0 Å². The number of carbonyl (C=O) groups is 1. The van der Waals surface area contributed by atoms with Crippen molar-refractivity contribution in [3.63, 3.8) is 0 Å². The highest BCUT2D eigenvalue weighted by atomic mass is 35.5. The summed E-state index contributed by atoms with van der Waals surface area (Å²) in [6, 6.07) is 0. The summed E-state index contributed by atoms with van der Waals surface area (Å²) < 4.78 is 0. The van der Waals surface area contributed by atoms with E-state index in [9.17, 15) is 4.79 Å². The predicted octanol–water partition coefficient (Wildman–Crippen LogP) is 0.527. The maximum atomic E-state index is 9.97. The van der Waals surface area contributed by atoms with E-state index in [2.05, 4.69) is 5.32 Å². The smallest absolute Gasteiger partial charge is 0.244 e. The molecule has 0 fully saturated rings. The Hall–Kier alpha value is -0.340. The molecule has 0 unspecified atom stereocenters. The molecule has 0 aliphatic carbocycles. The minimum Gasteiger partial charge on any atom is -0.316 e. The van der Waals surface area contributed by atoms with Gasteiger partial charge < -0.3 is 5.32 Å². The number of rotatable bonds is 3. The summed E-state index contributed by atoms with van der Waals surface area (Å²) in [6.07, 6.45) is 2.98. The molecule has 0 atom stereocenters. The molecular weight excluding hydrogens is 126 g/mol. The van der Waals surface area contributed by atoms with Gasteiger partial charge in [-0.05, 0) is 24.7 Å². The first-order valence-electron chi connectivity index (χ1n) is 2.28. The molecule has 0 spiro atoms. The SMILES string of the molecule is CNCC=CC(=O)Cl. The van der Waals surface area contributed by atoms with Gasteiger partial charge in [0.05, 0.1) is 0 Å². The molecule has 0 aromatic carbocycles. The van der Waals surface area contributed by atoms with Gasteiger partial charge in [0.25, 0.3) is 0 Å². The molecule has 0 amide bonds. The molecule has 0 heterocycles. The molecule has 3 heteroatoms. The van der Waals surface area contributed by atoms with Crippen LogP contribution in [0.4, 0.5) is 0 Å². The van der Waals surface area contributed by atoms with Gasteiger partial charge in [0, 0.05) is 6.54 Å². The standard InChI is InChI=1S/C5H8ClNO/c1-7-4-2-3-5(6)8/h2-3,7H,4H2,1H3. The van der Waals surface area contributed by atoms with E-state index in [1.165, 1.54) is 6.08 Å². The maximum Gasteiger partial charge on any atom is 0.244 e. The molecule has 0 radical (unpaired) electrons. The van der Waals surface area contributed by atoms with Crippen molar-refractivity contribution in [2.24, 2.45) is 0 Å². The van der Waals surface area contributed by atoms with Gasteiger partial charge in [-0.2, -0.15) is 0 Å². The van der Waals surface area contributed by atoms with Gasteiger partial charge >= 0.3 is 0 Å². The van der Waals surface area contributed by atoms with Gasteiger partial charge in [-0.25, -0.2) is 0 Å². The minimum atomic E-state index is -0.430. The van der Waals surface area contributed by atoms with Crippen molar-refractivity contribution in [2.45, 2.75) is 0 Å². The molecule has 8 heavy (non-hydrogen) atoms. The van der Waals surface area contributed by atoms with Gasteiger partial charge in [0.2, 0.25) is 5.24 Å². The largest absolute Gasteiger partial charge is 0.316 e. The van der Waals surface area contributed by atoms with Crippen molar-refractivity contribution in [3.8, 4) is 0 Å². The Morgan fingerprint density at radius 1 is 1.88 bits per heavy atom. The van der Waals surface area contributed by atoms with E-state index in [1.54, 1.807) is 13.1 Å². The maximum absolute atomic E-state index is 9.97. The Balaban J connectivity index is 3.20. The van der Waals surface area contributed by atoms with E-state index < -0.39 is 5.24 Å². The lowest BCUT2D eigenvalue weighted by Gasteiger charge is -1.83. The minimum absolute atomic E-state index is 0.430. The Kier molecular flexibility index (Phi) is 4.61. The fourth-order valence-electron chi connectivity index (χ4n) is 0.269. The van der Waals surface area contributed by atoms with Gasteiger partial charge in [-0.15, -0.1) is 0 Å². The molecule has 0 aliphatic rings. The monoisotopic (exact) mass is 133 g/mol. The van der Waals surface area contributed by atoms with Crippen molar-refractivity contribution in [1.29, 1.82) is 0 Å². The highest BCUT2D eigenvalue weighted by Crippen LogP contribution is 1.79. The molecule has 0 rings (SSSR count). The first-order chi connectivity index (χ1) is 3.77. The summed E-state index contributed by atoms with van der Waals surface area (Å²) in [6.45, 7) is 0.679. The van der Waals surface area contributed by atoms with Crippen LogP contribution in [-0.2, 0) is 4.79 Å². The Morgan fingerprint density at radius 3 is 2.88 bits per heavy atom. The number of allylic oxidation sites excluding steroid dienone is 1. The van der Waals surface area contributed by atoms with Crippen LogP contribution < -0.4 is 5.32 Å². The number of hydrogen-bond donors (Lipinski definition) is 1. The van der Waals surface area contributed by atoms with E-state index in [0.29, 0.717) is 6.54 Å². The zero-order chi connectivity index (χ0) is 6.41. The van der Waals surface area contributed by atoms with E-state index in [1.807, 2.05) is 0 Å². The van der Waals surface area contributed by atoms with E-state index >= 15 is 0 Å². The van der Waals surface area contributed by atoms with E-state index in [4.69, 9.17) is 11.6 Å². The van der Waals surface area contributed by atoms with Crippen LogP contribution in [0.1, 0.15) is 0 Å². The van der Waals surface area contributed by atoms with Gasteiger partial charge in [-0.1, -0.05) is 6.08 Å². The van der Waals surface area contributed by atoms with Crippen LogP contribution in [0.5, 0.6) is 0 Å². The number of nitrogens with one attached hydrogen (secondary N) is 1. The van der Waals surface area contributed by atoms with Crippen molar-refractivity contribution in [2.75, 3.05) is 13.6 Å². The Labute approximate surface area is 53.5 Å². The zero-order valence-electron chi connectivity index (χ0n) is 4.65. The predicted molar refractivity (Wildman–Crippen MR) is 33.9 cm³/mol. The second-order valence-electron chi connectivity index (χ2n) is 1.26. The van der Waals surface area contributed by atoms with Crippen molar-refractivity contribution < 1.29 is 4.79 Å². The van der Waals surface area contributed by atoms with Gasteiger partial charge in [-0.3, -0.25) is 4.79 Å². The number of halogens is 1. The van der Waals surface area contributed by atoms with Crippen LogP contribution >= 0.6 is 11.6 Å². The molecule has 0 saturated heterocycles. The molecule has 46 valence electrons. The molecular formula is C5H8ClNO. The number of carbonyl (C=O) groups excluding carboxylic acids is 1. The summed E-state index contributed by atoms with van der Waals surface area (Å²) in [7, 11) is 1.79. The van der Waals surface area contributed by atoms with Gasteiger partial charge in [0.15, 0.2) is 0 Å². The van der Waals surface area contributed by atoms with Crippen LogP contribution in [0, 0.1) is 0 Å². The molecule has 0 aromatic heterocycles. The molecule has 2 nitrogen and oxygen atoms in total. The van der Waals surface area contributed by atoms with E-state index in [0.717, 1.165) is 0 Å². The van der Waals surface area contributed by atoms with Crippen LogP contribution in [0.15, 0.2) is 12.2 Å². The van der Waals surface area contributed by atoms with Gasteiger partial charge in [0.1, 0.15) is 0 Å². The summed E-state index contributed by atoms with van der Waals surface area (Å²) in [5.41, 5.74) is 0. The highest BCUT2D eigenvalue weighted by molar-refractivity contribution is 6.66. The fourth-order valence-corrected chi connectivity index (χ4v) is 0.359. The van der Waals surface area contributed by atoms with Crippen molar-refractivity contribution in [3.05, 3.63) is 12.2 Å². The summed E-state index contributed by atoms with van der Waals surface area (Å²) >= 11 is 4.96. The van der Waals surface area contributed by atoms with E-state index in [-0.39, 0.29) is 0 Å². The number of hydrogen-bond acceptors (Lipinski definition) is 2. The molecule has 0 aliphatic heterocycles. The third-order valence-electron chi connectivity index (χ3n) is 0.571. The van der Waals surface area contributed by atoms with Crippen molar-refractivity contribution in [1.82, 2.24) is 5.32 Å². The Morgan fingerprint density at radius 2 is 2.50 bits per heavy atom. The third kappa shape index (κ3) is 5.66. The lowest BCUT2D eigenvalue weighted by atomic mass is 10.5. The van der Waals surface area contributed by atoms with Crippen LogP contribution in [0.25, 0.3) is 0 Å². The summed E-state index contributed by atoms with van der Waals surface area (Å²) in [5.74, 6) is 0. The van der Waals surface area contributed by atoms with Crippen LogP contribution in [-0.4, -0.2) is 18.8 Å². The Bertz CT molecular complexity index is 101. The average molecular weight is 134 g/mol. The first-order valence-corrected chi connectivity index (χ1v) is 2.65. The third-order valence-corrected chi connectivity index (χ3v) is 0.697. The molecule has 1 N–H and O–H groups in total. The quantitative estimate of drug-likeness (QED) is 0.450. The summed E-state index contributed by atoms with van der Waals surface area (Å²) in [5, 5.41) is 2.40. The van der Waals surface area contributed by atoms with Crippen molar-refractivity contribution >= 4 is 16.8 Å². The average Bonchev–Trinajstić information content (AvgIpc) is 1.66. The summed E-state index contributed by atoms with van der Waals surface area (Å²) in [4.78, 5) is 9.97. The highest BCUT2D eigenvalue weighted by Gasteiger charge is 1.80. The normalized spacial score (nSPS) is 10.2. The first kappa shape index (κ1) is 7.66. The topological polar surface area (TPSA) is 29.1 Å².